The fraction of sp³-hybridized carbons (Fsp3) is 0.429. The Morgan fingerprint density at radius 2 is 2.00 bits per heavy atom. The summed E-state index contributed by atoms with van der Waals surface area (Å²) in [5, 5.41) is 2.43. The van der Waals surface area contributed by atoms with Crippen molar-refractivity contribution in [3.63, 3.8) is 0 Å². The summed E-state index contributed by atoms with van der Waals surface area (Å²) >= 11 is 0.712. The quantitative estimate of drug-likeness (QED) is 0.880. The molecule has 0 saturated carbocycles. The number of rotatable bonds is 6. The van der Waals surface area contributed by atoms with Gasteiger partial charge in [-0.1, -0.05) is 6.92 Å². The van der Waals surface area contributed by atoms with Gasteiger partial charge in [0.25, 0.3) is 0 Å². The Morgan fingerprint density at radius 1 is 1.29 bits per heavy atom. The van der Waals surface area contributed by atoms with Gasteiger partial charge in [0, 0.05) is 29.5 Å². The molecule has 2 aromatic heterocycles. The molecule has 0 spiro atoms. The summed E-state index contributed by atoms with van der Waals surface area (Å²) in [6.07, 6.45) is 1.88. The third-order valence-corrected chi connectivity index (χ3v) is 4.19. The molecule has 0 radical (unpaired) electrons. The van der Waals surface area contributed by atoms with Crippen LogP contribution in [0.15, 0.2) is 30.7 Å². The Morgan fingerprint density at radius 3 is 2.57 bits per heavy atom. The second kappa shape index (κ2) is 7.00. The second-order valence-corrected chi connectivity index (χ2v) is 5.63. The molecule has 0 aromatic carbocycles. The summed E-state index contributed by atoms with van der Waals surface area (Å²) in [5.74, 6) is 0. The van der Waals surface area contributed by atoms with Crippen molar-refractivity contribution < 1.29 is 13.2 Å². The Kier molecular flexibility index (Phi) is 5.30. The molecule has 0 fully saturated rings. The number of hydrogen-bond acceptors (Lipinski definition) is 4. The van der Waals surface area contributed by atoms with Gasteiger partial charge < -0.3 is 5.32 Å². The summed E-state index contributed by atoms with van der Waals surface area (Å²) in [7, 11) is 0. The molecule has 0 aliphatic heterocycles. The second-order valence-electron chi connectivity index (χ2n) is 4.57. The highest BCUT2D eigenvalue weighted by atomic mass is 32.1. The van der Waals surface area contributed by atoms with Gasteiger partial charge in [0.15, 0.2) is 5.01 Å². The van der Waals surface area contributed by atoms with Gasteiger partial charge >= 0.3 is 6.18 Å². The first-order valence-electron chi connectivity index (χ1n) is 6.66. The van der Waals surface area contributed by atoms with Crippen LogP contribution < -0.4 is 5.32 Å². The smallest absolute Gasteiger partial charge is 0.309 e. The van der Waals surface area contributed by atoms with Gasteiger partial charge in [-0.2, -0.15) is 13.2 Å². The molecule has 114 valence electrons. The van der Waals surface area contributed by atoms with Crippen LogP contribution in [0.1, 0.15) is 34.8 Å². The largest absolute Gasteiger partial charge is 0.443 e. The zero-order chi connectivity index (χ0) is 15.3. The van der Waals surface area contributed by atoms with E-state index in [-0.39, 0.29) is 6.04 Å². The molecule has 1 unspecified atom stereocenters. The third kappa shape index (κ3) is 4.50. The first kappa shape index (κ1) is 15.9. The van der Waals surface area contributed by atoms with Crippen LogP contribution in [0.3, 0.4) is 0 Å². The number of aryl methyl sites for hydroxylation is 1. The molecule has 3 nitrogen and oxygen atoms in total. The minimum absolute atomic E-state index is 0.114. The number of nitrogens with zero attached hydrogens (tertiary/aromatic N) is 2. The van der Waals surface area contributed by atoms with E-state index in [0.717, 1.165) is 18.4 Å². The highest BCUT2D eigenvalue weighted by Gasteiger charge is 2.35. The highest BCUT2D eigenvalue weighted by molar-refractivity contribution is 7.11. The average Bonchev–Trinajstić information content (AvgIpc) is 2.94. The zero-order valence-corrected chi connectivity index (χ0v) is 12.3. The highest BCUT2D eigenvalue weighted by Crippen LogP contribution is 2.35. The van der Waals surface area contributed by atoms with Crippen molar-refractivity contribution in [3.05, 3.63) is 46.2 Å². The molecular weight excluding hydrogens is 299 g/mol. The number of alkyl halides is 3. The average molecular weight is 315 g/mol. The lowest BCUT2D eigenvalue weighted by atomic mass is 10.1. The van der Waals surface area contributed by atoms with Gasteiger partial charge in [-0.25, -0.2) is 4.98 Å². The summed E-state index contributed by atoms with van der Waals surface area (Å²) in [4.78, 5) is 8.06. The van der Waals surface area contributed by atoms with Gasteiger partial charge in [0.05, 0.1) is 0 Å². The van der Waals surface area contributed by atoms with Crippen LogP contribution in [-0.4, -0.2) is 16.5 Å². The first-order chi connectivity index (χ1) is 10.0. The van der Waals surface area contributed by atoms with Crippen LogP contribution in [-0.2, 0) is 12.6 Å². The van der Waals surface area contributed by atoms with Crippen molar-refractivity contribution in [3.8, 4) is 0 Å². The number of nitrogens with one attached hydrogen (secondary N) is 1. The first-order valence-corrected chi connectivity index (χ1v) is 7.47. The molecule has 0 aliphatic carbocycles. The number of pyridine rings is 1. The molecule has 0 amide bonds. The molecule has 1 atom stereocenters. The predicted octanol–water partition coefficient (Wildman–Crippen LogP) is 3.84. The fourth-order valence-electron chi connectivity index (χ4n) is 2.03. The maximum atomic E-state index is 12.6. The van der Waals surface area contributed by atoms with Crippen molar-refractivity contribution in [1.29, 1.82) is 0 Å². The van der Waals surface area contributed by atoms with E-state index in [0.29, 0.717) is 22.8 Å². The monoisotopic (exact) mass is 315 g/mol. The Balaban J connectivity index is 2.06. The van der Waals surface area contributed by atoms with Crippen LogP contribution in [0.5, 0.6) is 0 Å². The molecule has 21 heavy (non-hydrogen) atoms. The standard InChI is InChI=1S/C14H16F3N3S/c1-2-19-11(4-3-10-5-7-18-8-6-10)12-9-20-13(21-12)14(15,16)17/h5-9,11,19H,2-4H2,1H3. The molecule has 0 bridgehead atoms. The van der Waals surface area contributed by atoms with Crippen molar-refractivity contribution in [2.45, 2.75) is 32.0 Å². The lowest BCUT2D eigenvalue weighted by molar-refractivity contribution is -0.137. The SMILES string of the molecule is CCNC(CCc1ccncc1)c1cnc(C(F)(F)F)s1. The van der Waals surface area contributed by atoms with E-state index in [4.69, 9.17) is 0 Å². The van der Waals surface area contributed by atoms with Crippen LogP contribution >= 0.6 is 11.3 Å². The number of halogens is 3. The molecule has 2 rings (SSSR count). The Labute approximate surface area is 125 Å². The maximum Gasteiger partial charge on any atom is 0.443 e. The zero-order valence-electron chi connectivity index (χ0n) is 11.5. The summed E-state index contributed by atoms with van der Waals surface area (Å²) in [6.45, 7) is 2.63. The van der Waals surface area contributed by atoms with E-state index in [1.165, 1.54) is 6.20 Å². The topological polar surface area (TPSA) is 37.8 Å². The lowest BCUT2D eigenvalue weighted by Gasteiger charge is -2.15. The van der Waals surface area contributed by atoms with Crippen LogP contribution in [0.25, 0.3) is 0 Å². The minimum atomic E-state index is -4.37. The van der Waals surface area contributed by atoms with Crippen molar-refractivity contribution in [2.75, 3.05) is 6.54 Å². The Hall–Kier alpha value is -1.47. The van der Waals surface area contributed by atoms with Gasteiger partial charge in [-0.3, -0.25) is 4.98 Å². The molecule has 1 N–H and O–H groups in total. The third-order valence-electron chi connectivity index (χ3n) is 3.03. The van der Waals surface area contributed by atoms with Gasteiger partial charge in [0.2, 0.25) is 0 Å². The molecule has 2 heterocycles. The fourth-order valence-corrected chi connectivity index (χ4v) is 2.92. The molecule has 7 heteroatoms. The van der Waals surface area contributed by atoms with Crippen LogP contribution in [0, 0.1) is 0 Å². The molecular formula is C14H16F3N3S. The van der Waals surface area contributed by atoms with E-state index in [2.05, 4.69) is 15.3 Å². The Bertz CT molecular complexity index is 554. The number of aromatic nitrogens is 2. The molecule has 2 aromatic rings. The van der Waals surface area contributed by atoms with Crippen molar-refractivity contribution in [1.82, 2.24) is 15.3 Å². The summed E-state index contributed by atoms with van der Waals surface area (Å²) in [6, 6.07) is 3.71. The van der Waals surface area contributed by atoms with Gasteiger partial charge in [0.1, 0.15) is 0 Å². The maximum absolute atomic E-state index is 12.6. The van der Waals surface area contributed by atoms with E-state index in [1.807, 2.05) is 19.1 Å². The van der Waals surface area contributed by atoms with Gasteiger partial charge in [-0.05, 0) is 37.1 Å². The minimum Gasteiger partial charge on any atom is -0.309 e. The van der Waals surface area contributed by atoms with E-state index < -0.39 is 11.2 Å². The van der Waals surface area contributed by atoms with Crippen LogP contribution in [0.2, 0.25) is 0 Å². The predicted molar refractivity (Wildman–Crippen MR) is 76.1 cm³/mol. The van der Waals surface area contributed by atoms with Crippen molar-refractivity contribution >= 4 is 11.3 Å². The summed E-state index contributed by atoms with van der Waals surface area (Å²) in [5.41, 5.74) is 1.12. The summed E-state index contributed by atoms with van der Waals surface area (Å²) < 4.78 is 37.9. The normalized spacial score (nSPS) is 13.3. The van der Waals surface area contributed by atoms with Crippen LogP contribution in [0.4, 0.5) is 13.2 Å². The lowest BCUT2D eigenvalue weighted by Crippen LogP contribution is -2.20. The molecule has 0 saturated heterocycles. The van der Waals surface area contributed by atoms with Gasteiger partial charge in [-0.15, -0.1) is 11.3 Å². The van der Waals surface area contributed by atoms with E-state index in [1.54, 1.807) is 12.4 Å². The van der Waals surface area contributed by atoms with E-state index in [9.17, 15) is 13.2 Å². The number of hydrogen-bond donors (Lipinski definition) is 1. The van der Waals surface area contributed by atoms with Crippen molar-refractivity contribution in [2.24, 2.45) is 0 Å². The molecule has 0 aliphatic rings. The number of thiazole rings is 1. The van der Waals surface area contributed by atoms with E-state index >= 15 is 0 Å².